The van der Waals surface area contributed by atoms with Crippen molar-refractivity contribution in [2.24, 2.45) is 7.05 Å². The number of halogens is 3. The molecule has 164 valence electrons. The number of carbonyl (C=O) groups is 1. The topological polar surface area (TPSA) is 67.2 Å². The largest absolute Gasteiger partial charge is 0.425 e. The maximum absolute atomic E-state index is 13.6. The number of amides is 1. The van der Waals surface area contributed by atoms with Crippen molar-refractivity contribution in [3.63, 3.8) is 0 Å². The maximum Gasteiger partial charge on any atom is 0.425 e. The molecule has 2 aromatic carbocycles. The van der Waals surface area contributed by atoms with Gasteiger partial charge in [-0.3, -0.25) is 4.79 Å². The molecule has 0 bridgehead atoms. The molecule has 0 saturated carbocycles. The number of aromatic nitrogens is 2. The molecule has 0 aliphatic rings. The van der Waals surface area contributed by atoms with Crippen molar-refractivity contribution < 1.29 is 23.1 Å². The predicted octanol–water partition coefficient (Wildman–Crippen LogP) is 4.97. The predicted molar refractivity (Wildman–Crippen MR) is 113 cm³/mol. The van der Waals surface area contributed by atoms with E-state index in [9.17, 15) is 23.1 Å². The molecule has 0 saturated heterocycles. The fourth-order valence-corrected chi connectivity index (χ4v) is 3.94. The second-order valence-electron chi connectivity index (χ2n) is 7.32. The van der Waals surface area contributed by atoms with E-state index >= 15 is 0 Å². The van der Waals surface area contributed by atoms with E-state index in [2.05, 4.69) is 16.4 Å². The molecule has 3 aromatic rings. The number of hydrogen-bond donors (Lipinski definition) is 2. The first kappa shape index (κ1) is 22.9. The number of aliphatic hydroxyl groups is 1. The van der Waals surface area contributed by atoms with Crippen LogP contribution in [0.25, 0.3) is 0 Å². The van der Waals surface area contributed by atoms with E-state index in [0.29, 0.717) is 5.69 Å². The average molecular weight is 449 g/mol. The van der Waals surface area contributed by atoms with Gasteiger partial charge >= 0.3 is 6.18 Å². The third-order valence-electron chi connectivity index (χ3n) is 4.93. The number of anilines is 1. The summed E-state index contributed by atoms with van der Waals surface area (Å²) in [7, 11) is 1.32. The summed E-state index contributed by atoms with van der Waals surface area (Å²) in [5.41, 5.74) is -0.682. The first-order valence-corrected chi connectivity index (χ1v) is 10.2. The molecule has 3 rings (SSSR count). The summed E-state index contributed by atoms with van der Waals surface area (Å²) < 4.78 is 41.8. The molecule has 1 heterocycles. The SMILES string of the molecule is Cc1ccc(Sc2ccc(NC(=O)CC(O)(c3nccn3C)C(F)(F)F)cc2)cc1C. The number of hydrogen-bond acceptors (Lipinski definition) is 4. The highest BCUT2D eigenvalue weighted by Crippen LogP contribution is 2.41. The lowest BCUT2D eigenvalue weighted by Crippen LogP contribution is -2.46. The summed E-state index contributed by atoms with van der Waals surface area (Å²) in [6.45, 7) is 4.07. The third-order valence-corrected chi connectivity index (χ3v) is 5.93. The maximum atomic E-state index is 13.6. The van der Waals surface area contributed by atoms with Crippen LogP contribution in [-0.2, 0) is 17.4 Å². The fourth-order valence-electron chi connectivity index (χ4n) is 3.03. The van der Waals surface area contributed by atoms with Gasteiger partial charge in [0, 0.05) is 34.9 Å². The van der Waals surface area contributed by atoms with Gasteiger partial charge in [-0.25, -0.2) is 4.98 Å². The van der Waals surface area contributed by atoms with Gasteiger partial charge in [0.25, 0.3) is 0 Å². The summed E-state index contributed by atoms with van der Waals surface area (Å²) >= 11 is 1.54. The van der Waals surface area contributed by atoms with Gasteiger partial charge in [0.15, 0.2) is 5.82 Å². The van der Waals surface area contributed by atoms with E-state index in [1.165, 1.54) is 36.1 Å². The van der Waals surface area contributed by atoms with Crippen molar-refractivity contribution in [2.75, 3.05) is 5.32 Å². The van der Waals surface area contributed by atoms with E-state index in [1.807, 2.05) is 26.0 Å². The number of aryl methyl sites for hydroxylation is 3. The minimum absolute atomic E-state index is 0.332. The zero-order valence-corrected chi connectivity index (χ0v) is 18.0. The van der Waals surface area contributed by atoms with Crippen molar-refractivity contribution >= 4 is 23.4 Å². The first-order chi connectivity index (χ1) is 14.5. The van der Waals surface area contributed by atoms with Gasteiger partial charge in [-0.05, 0) is 61.4 Å². The molecule has 1 aromatic heterocycles. The van der Waals surface area contributed by atoms with Crippen LogP contribution in [0.2, 0.25) is 0 Å². The molecule has 0 aliphatic carbocycles. The Kier molecular flexibility index (Phi) is 6.47. The summed E-state index contributed by atoms with van der Waals surface area (Å²) in [4.78, 5) is 17.9. The van der Waals surface area contributed by atoms with Crippen molar-refractivity contribution in [1.82, 2.24) is 9.55 Å². The molecule has 31 heavy (non-hydrogen) atoms. The van der Waals surface area contributed by atoms with E-state index in [1.54, 1.807) is 24.3 Å². The van der Waals surface area contributed by atoms with E-state index in [-0.39, 0.29) is 0 Å². The second-order valence-corrected chi connectivity index (χ2v) is 8.46. The van der Waals surface area contributed by atoms with Crippen LogP contribution in [-0.4, -0.2) is 26.7 Å². The highest BCUT2D eigenvalue weighted by Gasteiger charge is 2.58. The Labute approximate surface area is 182 Å². The van der Waals surface area contributed by atoms with E-state index in [4.69, 9.17) is 0 Å². The Bertz CT molecular complexity index is 1080. The first-order valence-electron chi connectivity index (χ1n) is 9.41. The Morgan fingerprint density at radius 3 is 2.29 bits per heavy atom. The molecule has 0 radical (unpaired) electrons. The number of nitrogens with zero attached hydrogens (tertiary/aromatic N) is 2. The number of imidazole rings is 1. The smallest absolute Gasteiger partial charge is 0.374 e. The van der Waals surface area contributed by atoms with E-state index in [0.717, 1.165) is 20.6 Å². The highest BCUT2D eigenvalue weighted by molar-refractivity contribution is 7.99. The lowest BCUT2D eigenvalue weighted by molar-refractivity contribution is -0.270. The monoisotopic (exact) mass is 449 g/mol. The summed E-state index contributed by atoms with van der Waals surface area (Å²) in [6, 6.07) is 12.9. The van der Waals surface area contributed by atoms with Crippen molar-refractivity contribution in [3.8, 4) is 0 Å². The van der Waals surface area contributed by atoms with Gasteiger partial charge in [0.05, 0.1) is 6.42 Å². The molecule has 5 nitrogen and oxygen atoms in total. The standard InChI is InChI=1S/C22H22F3N3O2S/c1-14-4-7-18(12-15(14)2)31-17-8-5-16(6-9-17)27-19(29)13-21(30,22(23,24)25)20-26-10-11-28(20)3/h4-12,30H,13H2,1-3H3,(H,27,29). The molecule has 9 heteroatoms. The van der Waals surface area contributed by atoms with Crippen LogP contribution < -0.4 is 5.32 Å². The molecule has 1 amide bonds. The van der Waals surface area contributed by atoms with Crippen LogP contribution >= 0.6 is 11.8 Å². The number of benzene rings is 2. The lowest BCUT2D eigenvalue weighted by Gasteiger charge is -2.29. The molecular formula is C22H22F3N3O2S. The van der Waals surface area contributed by atoms with Crippen LogP contribution in [0.3, 0.4) is 0 Å². The molecule has 1 atom stereocenters. The van der Waals surface area contributed by atoms with Gasteiger partial charge in [-0.1, -0.05) is 17.8 Å². The van der Waals surface area contributed by atoms with Crippen molar-refractivity contribution in [1.29, 1.82) is 0 Å². The molecule has 2 N–H and O–H groups in total. The Morgan fingerprint density at radius 1 is 1.10 bits per heavy atom. The normalized spacial score (nSPS) is 13.6. The second kappa shape index (κ2) is 8.76. The number of nitrogens with one attached hydrogen (secondary N) is 1. The average Bonchev–Trinajstić information content (AvgIpc) is 3.12. The van der Waals surface area contributed by atoms with Gasteiger partial charge in [-0.15, -0.1) is 0 Å². The van der Waals surface area contributed by atoms with Crippen molar-refractivity contribution in [2.45, 2.75) is 41.8 Å². The van der Waals surface area contributed by atoms with E-state index < -0.39 is 29.9 Å². The highest BCUT2D eigenvalue weighted by atomic mass is 32.2. The quantitative estimate of drug-likeness (QED) is 0.558. The Morgan fingerprint density at radius 2 is 1.74 bits per heavy atom. The van der Waals surface area contributed by atoms with Gasteiger partial charge in [-0.2, -0.15) is 13.2 Å². The molecular weight excluding hydrogens is 427 g/mol. The zero-order chi connectivity index (χ0) is 22.8. The van der Waals surface area contributed by atoms with Crippen LogP contribution in [0.15, 0.2) is 64.6 Å². The van der Waals surface area contributed by atoms with Gasteiger partial charge in [0.2, 0.25) is 11.5 Å². The van der Waals surface area contributed by atoms with Crippen LogP contribution in [0.4, 0.5) is 18.9 Å². The van der Waals surface area contributed by atoms with Gasteiger partial charge in [0.1, 0.15) is 0 Å². The minimum Gasteiger partial charge on any atom is -0.374 e. The molecule has 0 spiro atoms. The Hall–Kier alpha value is -2.78. The summed E-state index contributed by atoms with van der Waals surface area (Å²) in [5, 5.41) is 12.7. The minimum atomic E-state index is -5.07. The number of alkyl halides is 3. The Balaban J connectivity index is 1.70. The van der Waals surface area contributed by atoms with Crippen LogP contribution in [0.1, 0.15) is 23.4 Å². The molecule has 1 unspecified atom stereocenters. The molecule has 0 fully saturated rings. The van der Waals surface area contributed by atoms with Crippen LogP contribution in [0.5, 0.6) is 0 Å². The fraction of sp³-hybridized carbons (Fsp3) is 0.273. The lowest BCUT2D eigenvalue weighted by atomic mass is 9.97. The number of rotatable bonds is 6. The van der Waals surface area contributed by atoms with Crippen molar-refractivity contribution in [3.05, 3.63) is 71.8 Å². The number of carbonyl (C=O) groups excluding carboxylic acids is 1. The summed E-state index contributed by atoms with van der Waals surface area (Å²) in [6.07, 6.45) is -3.87. The summed E-state index contributed by atoms with van der Waals surface area (Å²) in [5.74, 6) is -1.62. The van der Waals surface area contributed by atoms with Crippen LogP contribution in [0, 0.1) is 13.8 Å². The third kappa shape index (κ3) is 5.11. The van der Waals surface area contributed by atoms with Gasteiger partial charge < -0.3 is 15.0 Å². The molecule has 0 aliphatic heterocycles. The zero-order valence-electron chi connectivity index (χ0n) is 17.2.